The first-order valence-electron chi connectivity index (χ1n) is 11.2. The van der Waals surface area contributed by atoms with E-state index in [-0.39, 0.29) is 18.6 Å². The number of likely N-dealkylation sites (N-methyl/N-ethyl adjacent to an activating group) is 1. The van der Waals surface area contributed by atoms with Crippen LogP contribution >= 0.6 is 11.6 Å². The highest BCUT2D eigenvalue weighted by Gasteiger charge is 2.14. The van der Waals surface area contributed by atoms with Crippen LogP contribution in [0.5, 0.6) is 5.75 Å². The maximum Gasteiger partial charge on any atom is 0.143 e. The smallest absolute Gasteiger partial charge is 0.143 e. The van der Waals surface area contributed by atoms with Gasteiger partial charge in [0.15, 0.2) is 0 Å². The van der Waals surface area contributed by atoms with Gasteiger partial charge in [0.25, 0.3) is 0 Å². The molecule has 0 spiro atoms. The first-order valence-corrected chi connectivity index (χ1v) is 11.5. The van der Waals surface area contributed by atoms with Crippen molar-refractivity contribution in [2.45, 2.75) is 19.3 Å². The van der Waals surface area contributed by atoms with Crippen molar-refractivity contribution >= 4 is 23.1 Å². The quantitative estimate of drug-likeness (QED) is 0.505. The molecule has 4 rings (SSSR count). The van der Waals surface area contributed by atoms with Crippen molar-refractivity contribution in [3.63, 3.8) is 0 Å². The van der Waals surface area contributed by atoms with E-state index < -0.39 is 0 Å². The van der Waals surface area contributed by atoms with E-state index in [0.29, 0.717) is 17.2 Å². The molecule has 0 aliphatic carbocycles. The highest BCUT2D eigenvalue weighted by molar-refractivity contribution is 6.31. The molecule has 1 aliphatic heterocycles. The zero-order valence-corrected chi connectivity index (χ0v) is 19.9. The van der Waals surface area contributed by atoms with Crippen LogP contribution in [0.15, 0.2) is 54.9 Å². The van der Waals surface area contributed by atoms with Crippen LogP contribution < -0.4 is 9.64 Å². The van der Waals surface area contributed by atoms with Crippen LogP contribution in [-0.2, 0) is 24.1 Å². The summed E-state index contributed by atoms with van der Waals surface area (Å²) in [5.74, 6) is 0.733. The topological polar surface area (TPSA) is 58.6 Å². The van der Waals surface area contributed by atoms with Crippen molar-refractivity contribution in [3.05, 3.63) is 82.4 Å². The van der Waals surface area contributed by atoms with Crippen LogP contribution in [0.2, 0.25) is 5.02 Å². The molecular formula is C26H29ClN4O2. The number of Topliss-reactive ketones (excluding diaryl/α,β-unsaturated/α-hetero) is 1. The number of aromatic nitrogens is 2. The molecule has 6 nitrogen and oxygen atoms in total. The zero-order chi connectivity index (χ0) is 23.2. The summed E-state index contributed by atoms with van der Waals surface area (Å²) in [6.07, 6.45) is 2.72. The maximum absolute atomic E-state index is 12.6. The van der Waals surface area contributed by atoms with Gasteiger partial charge in [0.1, 0.15) is 17.9 Å². The van der Waals surface area contributed by atoms with Crippen LogP contribution in [0.4, 0.5) is 5.69 Å². The predicted octanol–water partition coefficient (Wildman–Crippen LogP) is 3.84. The second-order valence-electron chi connectivity index (χ2n) is 8.48. The third-order valence-electron chi connectivity index (χ3n) is 5.99. The normalized spacial score (nSPS) is 14.3. The summed E-state index contributed by atoms with van der Waals surface area (Å²) in [5.41, 5.74) is 4.83. The summed E-state index contributed by atoms with van der Waals surface area (Å²) < 4.78 is 5.23. The van der Waals surface area contributed by atoms with Gasteiger partial charge in [-0.1, -0.05) is 23.7 Å². The number of carbonyl (C=O) groups is 1. The van der Waals surface area contributed by atoms with E-state index in [2.05, 4.69) is 51.1 Å². The van der Waals surface area contributed by atoms with Crippen molar-refractivity contribution in [2.24, 2.45) is 0 Å². The average molecular weight is 465 g/mol. The van der Waals surface area contributed by atoms with E-state index in [1.807, 2.05) is 6.07 Å². The Morgan fingerprint density at radius 2 is 1.70 bits per heavy atom. The number of benzene rings is 2. The lowest BCUT2D eigenvalue weighted by Crippen LogP contribution is -2.44. The molecule has 172 valence electrons. The van der Waals surface area contributed by atoms with E-state index in [0.717, 1.165) is 43.1 Å². The molecule has 3 aromatic rings. The number of piperazine rings is 1. The van der Waals surface area contributed by atoms with Crippen molar-refractivity contribution in [3.8, 4) is 5.75 Å². The zero-order valence-electron chi connectivity index (χ0n) is 19.1. The van der Waals surface area contributed by atoms with Crippen molar-refractivity contribution in [1.29, 1.82) is 0 Å². The minimum Gasteiger partial charge on any atom is -0.497 e. The second kappa shape index (κ2) is 10.8. The minimum atomic E-state index is 0.0475. The van der Waals surface area contributed by atoms with E-state index in [1.54, 1.807) is 25.3 Å². The Balaban J connectivity index is 1.36. The van der Waals surface area contributed by atoms with Crippen molar-refractivity contribution < 1.29 is 9.53 Å². The first kappa shape index (κ1) is 23.2. The lowest BCUT2D eigenvalue weighted by atomic mass is 10.0. The highest BCUT2D eigenvalue weighted by Crippen LogP contribution is 2.23. The molecule has 2 heterocycles. The van der Waals surface area contributed by atoms with E-state index in [4.69, 9.17) is 16.3 Å². The van der Waals surface area contributed by atoms with Gasteiger partial charge in [-0.15, -0.1) is 0 Å². The fraction of sp³-hybridized carbons (Fsp3) is 0.346. The Morgan fingerprint density at radius 3 is 2.42 bits per heavy atom. The molecule has 7 heteroatoms. The predicted molar refractivity (Wildman–Crippen MR) is 131 cm³/mol. The number of ketones is 1. The number of hydrogen-bond acceptors (Lipinski definition) is 6. The number of halogens is 1. The third-order valence-corrected chi connectivity index (χ3v) is 6.36. The summed E-state index contributed by atoms with van der Waals surface area (Å²) in [4.78, 5) is 26.1. The van der Waals surface area contributed by atoms with Gasteiger partial charge >= 0.3 is 0 Å². The molecule has 0 N–H and O–H groups in total. The number of ether oxygens (including phenoxy) is 1. The first-order chi connectivity index (χ1) is 16.0. The second-order valence-corrected chi connectivity index (χ2v) is 8.89. The Kier molecular flexibility index (Phi) is 7.57. The van der Waals surface area contributed by atoms with Crippen molar-refractivity contribution in [2.75, 3.05) is 45.2 Å². The summed E-state index contributed by atoms with van der Waals surface area (Å²) in [7, 11) is 3.76. The number of rotatable bonds is 8. The van der Waals surface area contributed by atoms with Gasteiger partial charge in [0.2, 0.25) is 0 Å². The highest BCUT2D eigenvalue weighted by atomic mass is 35.5. The number of anilines is 1. The van der Waals surface area contributed by atoms with Gasteiger partial charge in [-0.2, -0.15) is 0 Å². The summed E-state index contributed by atoms with van der Waals surface area (Å²) in [6, 6.07) is 15.9. The SMILES string of the molecule is COc1ccc(Cl)c(CC(=O)Cc2cc(Cc3ccc(N4CCN(C)CC4)cc3)ncn2)c1. The van der Waals surface area contributed by atoms with Crippen LogP contribution in [0.1, 0.15) is 22.5 Å². The average Bonchev–Trinajstić information content (AvgIpc) is 2.82. The molecule has 0 unspecified atom stereocenters. The Morgan fingerprint density at radius 1 is 0.970 bits per heavy atom. The molecule has 33 heavy (non-hydrogen) atoms. The van der Waals surface area contributed by atoms with Gasteiger partial charge in [-0.3, -0.25) is 4.79 Å². The van der Waals surface area contributed by atoms with Crippen LogP contribution in [0.25, 0.3) is 0 Å². The monoisotopic (exact) mass is 464 g/mol. The van der Waals surface area contributed by atoms with E-state index >= 15 is 0 Å². The third kappa shape index (κ3) is 6.30. The lowest BCUT2D eigenvalue weighted by molar-refractivity contribution is -0.117. The number of hydrogen-bond donors (Lipinski definition) is 0. The van der Waals surface area contributed by atoms with E-state index in [1.165, 1.54) is 17.6 Å². The van der Waals surface area contributed by atoms with Crippen LogP contribution in [0.3, 0.4) is 0 Å². The van der Waals surface area contributed by atoms with E-state index in [9.17, 15) is 4.79 Å². The Hall–Kier alpha value is -2.96. The van der Waals surface area contributed by atoms with Gasteiger partial charge in [-0.05, 0) is 54.6 Å². The molecule has 1 saturated heterocycles. The Bertz CT molecular complexity index is 1100. The molecule has 0 saturated carbocycles. The largest absolute Gasteiger partial charge is 0.497 e. The van der Waals surface area contributed by atoms with Gasteiger partial charge in [0.05, 0.1) is 12.8 Å². The van der Waals surface area contributed by atoms with Crippen LogP contribution in [0, 0.1) is 0 Å². The number of nitrogens with zero attached hydrogens (tertiary/aromatic N) is 4. The number of methoxy groups -OCH3 is 1. The Labute approximate surface area is 200 Å². The summed E-state index contributed by atoms with van der Waals surface area (Å²) in [6.45, 7) is 4.29. The van der Waals surface area contributed by atoms with Crippen molar-refractivity contribution in [1.82, 2.24) is 14.9 Å². The molecule has 0 bridgehead atoms. The van der Waals surface area contributed by atoms with Gasteiger partial charge < -0.3 is 14.5 Å². The molecule has 0 radical (unpaired) electrons. The molecule has 0 amide bonds. The summed E-state index contributed by atoms with van der Waals surface area (Å²) in [5, 5.41) is 0.563. The maximum atomic E-state index is 12.6. The molecule has 1 aliphatic rings. The fourth-order valence-electron chi connectivity index (χ4n) is 4.03. The molecular weight excluding hydrogens is 436 g/mol. The standard InChI is InChI=1S/C26H29ClN4O2/c1-30-9-11-31(12-10-30)23-5-3-19(4-6-23)13-21-16-22(29-18-28-21)17-24(32)14-20-15-25(33-2)7-8-26(20)27/h3-8,15-16,18H,9-14,17H2,1-2H3. The summed E-state index contributed by atoms with van der Waals surface area (Å²) >= 11 is 6.24. The molecule has 1 fully saturated rings. The van der Waals surface area contributed by atoms with Gasteiger partial charge in [0, 0.05) is 61.8 Å². The lowest BCUT2D eigenvalue weighted by Gasteiger charge is -2.34. The molecule has 1 aromatic heterocycles. The molecule has 0 atom stereocenters. The van der Waals surface area contributed by atoms with Crippen LogP contribution in [-0.4, -0.2) is 61.0 Å². The molecule has 2 aromatic carbocycles. The number of carbonyl (C=O) groups excluding carboxylic acids is 1. The minimum absolute atomic E-state index is 0.0475. The fourth-order valence-corrected chi connectivity index (χ4v) is 4.21. The van der Waals surface area contributed by atoms with Gasteiger partial charge in [-0.25, -0.2) is 9.97 Å².